The number of Topliss-reactive ketones (excluding diaryl/α,β-unsaturated/α-hetero) is 1. The van der Waals surface area contributed by atoms with E-state index in [1.807, 2.05) is 6.08 Å². The van der Waals surface area contributed by atoms with E-state index in [4.69, 9.17) is 4.74 Å². The van der Waals surface area contributed by atoms with Gasteiger partial charge in [-0.05, 0) is 86.5 Å². The first-order chi connectivity index (χ1) is 13.5. The summed E-state index contributed by atoms with van der Waals surface area (Å²) in [4.78, 5) is 37.3. The largest absolute Gasteiger partial charge is 0.451 e. The molecule has 0 saturated heterocycles. The Kier molecular flexibility index (Phi) is 3.92. The molecule has 4 fully saturated rings. The fraction of sp³-hybridized carbons (Fsp3) is 0.800. The van der Waals surface area contributed by atoms with Crippen molar-refractivity contribution >= 4 is 17.5 Å². The Balaban J connectivity index is 1.54. The highest BCUT2D eigenvalue weighted by molar-refractivity contribution is 5.96. The summed E-state index contributed by atoms with van der Waals surface area (Å²) in [6.07, 6.45) is 7.76. The normalized spacial score (nSPS) is 49.1. The molecule has 4 saturated carbocycles. The molecule has 158 valence electrons. The van der Waals surface area contributed by atoms with Gasteiger partial charge in [0.15, 0.2) is 17.2 Å². The summed E-state index contributed by atoms with van der Waals surface area (Å²) in [5, 5.41) is 0. The second-order valence-corrected chi connectivity index (χ2v) is 11.5. The van der Waals surface area contributed by atoms with Gasteiger partial charge in [0.2, 0.25) is 0 Å². The molecule has 0 aliphatic heterocycles. The molecule has 5 aliphatic carbocycles. The van der Waals surface area contributed by atoms with Crippen LogP contribution in [0.2, 0.25) is 0 Å². The monoisotopic (exact) mass is 398 g/mol. The highest BCUT2D eigenvalue weighted by Gasteiger charge is 2.69. The molecule has 29 heavy (non-hydrogen) atoms. The smallest absolute Gasteiger partial charge is 0.303 e. The molecule has 4 heteroatoms. The van der Waals surface area contributed by atoms with Crippen molar-refractivity contribution in [2.24, 2.45) is 46.3 Å². The summed E-state index contributed by atoms with van der Waals surface area (Å²) in [6, 6.07) is 0. The third-order valence-electron chi connectivity index (χ3n) is 9.81. The predicted molar refractivity (Wildman–Crippen MR) is 109 cm³/mol. The molecule has 5 aliphatic rings. The van der Waals surface area contributed by atoms with Gasteiger partial charge in [-0.1, -0.05) is 26.3 Å². The summed E-state index contributed by atoms with van der Waals surface area (Å²) in [7, 11) is 0. The Morgan fingerprint density at radius 1 is 1.03 bits per heavy atom. The number of ketones is 2. The SMILES string of the molecule is CC(=O)O[C@]1(C(C)=O)CC[C@H]2[C@@H]3CC(C)(C)C4=CC(=O)[C@@H]5CC5[C@@H]4[C@H]3CC[C@@]21C. The zero-order valence-corrected chi connectivity index (χ0v) is 18.4. The molecule has 0 aromatic carbocycles. The molecule has 0 amide bonds. The maximum atomic E-state index is 12.9. The zero-order chi connectivity index (χ0) is 20.9. The van der Waals surface area contributed by atoms with Crippen LogP contribution in [0.4, 0.5) is 0 Å². The molecule has 0 N–H and O–H groups in total. The third-order valence-corrected chi connectivity index (χ3v) is 9.81. The quantitative estimate of drug-likeness (QED) is 0.642. The average molecular weight is 399 g/mol. The lowest BCUT2D eigenvalue weighted by Gasteiger charge is -2.59. The zero-order valence-electron chi connectivity index (χ0n) is 18.4. The Morgan fingerprint density at radius 3 is 2.41 bits per heavy atom. The van der Waals surface area contributed by atoms with Crippen molar-refractivity contribution in [2.75, 3.05) is 0 Å². The van der Waals surface area contributed by atoms with Crippen LogP contribution in [0.3, 0.4) is 0 Å². The van der Waals surface area contributed by atoms with Crippen LogP contribution in [0.1, 0.15) is 73.1 Å². The first-order valence-electron chi connectivity index (χ1n) is 11.5. The number of esters is 1. The maximum Gasteiger partial charge on any atom is 0.303 e. The standard InChI is InChI=1S/C25H34O4/c1-13(26)25(29-14(2)27)9-7-19-18-12-23(3,4)20-11-21(28)16-10-17(16)22(20)15(18)6-8-24(19,25)5/h11,15-19,22H,6-10,12H2,1-5H3/t15-,16+,17?,18+,19-,22-,24-,25-/m0/s1. The Bertz CT molecular complexity index is 838. The molecule has 0 heterocycles. The first kappa shape index (κ1) is 19.5. The number of ether oxygens (including phenoxy) is 1. The molecular weight excluding hydrogens is 364 g/mol. The number of carbonyl (C=O) groups excluding carboxylic acids is 3. The van der Waals surface area contributed by atoms with Crippen molar-refractivity contribution in [3.63, 3.8) is 0 Å². The van der Waals surface area contributed by atoms with Crippen LogP contribution in [-0.2, 0) is 19.1 Å². The van der Waals surface area contributed by atoms with Crippen LogP contribution >= 0.6 is 0 Å². The Labute approximate surface area is 173 Å². The molecule has 5 rings (SSSR count). The van der Waals surface area contributed by atoms with Crippen LogP contribution in [0, 0.1) is 46.3 Å². The van der Waals surface area contributed by atoms with E-state index in [1.165, 1.54) is 12.5 Å². The van der Waals surface area contributed by atoms with Gasteiger partial charge in [-0.3, -0.25) is 14.4 Å². The topological polar surface area (TPSA) is 60.4 Å². The second-order valence-electron chi connectivity index (χ2n) is 11.5. The maximum absolute atomic E-state index is 12.9. The number of allylic oxidation sites excluding steroid dienone is 1. The average Bonchev–Trinajstić information content (AvgIpc) is 3.35. The summed E-state index contributed by atoms with van der Waals surface area (Å²) < 4.78 is 5.87. The fourth-order valence-electron chi connectivity index (χ4n) is 8.55. The molecule has 1 unspecified atom stereocenters. The van der Waals surface area contributed by atoms with Gasteiger partial charge in [0.05, 0.1) is 0 Å². The lowest BCUT2D eigenvalue weighted by molar-refractivity contribution is -0.187. The van der Waals surface area contributed by atoms with Gasteiger partial charge in [-0.15, -0.1) is 0 Å². The van der Waals surface area contributed by atoms with Gasteiger partial charge in [-0.2, -0.15) is 0 Å². The van der Waals surface area contributed by atoms with Crippen molar-refractivity contribution in [1.29, 1.82) is 0 Å². The van der Waals surface area contributed by atoms with Crippen molar-refractivity contribution in [1.82, 2.24) is 0 Å². The first-order valence-corrected chi connectivity index (χ1v) is 11.5. The number of hydrogen-bond donors (Lipinski definition) is 0. The second kappa shape index (κ2) is 5.82. The molecular formula is C25H34O4. The molecule has 0 radical (unpaired) electrons. The van der Waals surface area contributed by atoms with E-state index in [0.717, 1.165) is 32.1 Å². The van der Waals surface area contributed by atoms with E-state index < -0.39 is 5.60 Å². The van der Waals surface area contributed by atoms with E-state index in [2.05, 4.69) is 20.8 Å². The summed E-state index contributed by atoms with van der Waals surface area (Å²) in [5.41, 5.74) is 0.188. The van der Waals surface area contributed by atoms with Crippen molar-refractivity contribution in [2.45, 2.75) is 78.7 Å². The van der Waals surface area contributed by atoms with E-state index in [1.54, 1.807) is 6.92 Å². The van der Waals surface area contributed by atoms with E-state index in [0.29, 0.717) is 41.8 Å². The summed E-state index contributed by atoms with van der Waals surface area (Å²) >= 11 is 0. The van der Waals surface area contributed by atoms with Crippen LogP contribution in [0.25, 0.3) is 0 Å². The molecule has 0 spiro atoms. The number of rotatable bonds is 2. The number of fused-ring (bicyclic) bond motifs is 7. The van der Waals surface area contributed by atoms with E-state index >= 15 is 0 Å². The number of hydrogen-bond acceptors (Lipinski definition) is 4. The molecule has 0 aromatic rings. The van der Waals surface area contributed by atoms with Gasteiger partial charge in [0, 0.05) is 18.3 Å². The highest BCUT2D eigenvalue weighted by Crippen LogP contribution is 2.70. The van der Waals surface area contributed by atoms with Crippen LogP contribution in [-0.4, -0.2) is 23.1 Å². The molecule has 4 nitrogen and oxygen atoms in total. The minimum Gasteiger partial charge on any atom is -0.451 e. The van der Waals surface area contributed by atoms with Gasteiger partial charge >= 0.3 is 5.97 Å². The van der Waals surface area contributed by atoms with Crippen molar-refractivity contribution < 1.29 is 19.1 Å². The van der Waals surface area contributed by atoms with Crippen LogP contribution < -0.4 is 0 Å². The molecule has 0 aromatic heterocycles. The Morgan fingerprint density at radius 2 is 1.76 bits per heavy atom. The van der Waals surface area contributed by atoms with Gasteiger partial charge in [0.25, 0.3) is 0 Å². The van der Waals surface area contributed by atoms with Gasteiger partial charge in [-0.25, -0.2) is 0 Å². The van der Waals surface area contributed by atoms with Crippen LogP contribution in [0.15, 0.2) is 11.6 Å². The fourth-order valence-corrected chi connectivity index (χ4v) is 8.55. The lowest BCUT2D eigenvalue weighted by Crippen LogP contribution is -2.58. The van der Waals surface area contributed by atoms with E-state index in [9.17, 15) is 14.4 Å². The lowest BCUT2D eigenvalue weighted by atomic mass is 9.46. The van der Waals surface area contributed by atoms with Gasteiger partial charge in [0.1, 0.15) is 0 Å². The highest BCUT2D eigenvalue weighted by atomic mass is 16.6. The van der Waals surface area contributed by atoms with Crippen molar-refractivity contribution in [3.05, 3.63) is 11.6 Å². The van der Waals surface area contributed by atoms with Gasteiger partial charge < -0.3 is 4.74 Å². The molecule has 8 atom stereocenters. The van der Waals surface area contributed by atoms with Crippen LogP contribution in [0.5, 0.6) is 0 Å². The third kappa shape index (κ3) is 2.41. The number of carbonyl (C=O) groups is 3. The Hall–Kier alpha value is -1.45. The summed E-state index contributed by atoms with van der Waals surface area (Å²) in [5.74, 6) is 2.94. The predicted octanol–water partition coefficient (Wildman–Crippen LogP) is 4.51. The minimum atomic E-state index is -0.959. The molecule has 0 bridgehead atoms. The summed E-state index contributed by atoms with van der Waals surface area (Å²) in [6.45, 7) is 9.87. The minimum absolute atomic E-state index is 0.0114. The van der Waals surface area contributed by atoms with Crippen molar-refractivity contribution in [3.8, 4) is 0 Å². The van der Waals surface area contributed by atoms with E-state index in [-0.39, 0.29) is 28.5 Å².